The van der Waals surface area contributed by atoms with Gasteiger partial charge in [0.2, 0.25) is 0 Å². The summed E-state index contributed by atoms with van der Waals surface area (Å²) in [6.07, 6.45) is 1.71. The van der Waals surface area contributed by atoms with Gasteiger partial charge in [0.1, 0.15) is 11.5 Å². The van der Waals surface area contributed by atoms with Gasteiger partial charge in [0.05, 0.1) is 0 Å². The van der Waals surface area contributed by atoms with Gasteiger partial charge in [-0.2, -0.15) is 0 Å². The van der Waals surface area contributed by atoms with E-state index in [1.807, 2.05) is 74.5 Å². The molecule has 0 bridgehead atoms. The fourth-order valence-electron chi connectivity index (χ4n) is 2.87. The monoisotopic (exact) mass is 412 g/mol. The van der Waals surface area contributed by atoms with E-state index in [4.69, 9.17) is 9.47 Å². The number of carbonyl (C=O) groups excluding carboxylic acids is 2. The molecule has 6 heteroatoms. The highest BCUT2D eigenvalue weighted by Crippen LogP contribution is 2.13. The van der Waals surface area contributed by atoms with E-state index < -0.39 is 12.2 Å². The molecule has 0 saturated heterocycles. The third kappa shape index (κ3) is 8.15. The summed E-state index contributed by atoms with van der Waals surface area (Å²) in [5, 5.41) is 5.81. The molecule has 2 aromatic rings. The summed E-state index contributed by atoms with van der Waals surface area (Å²) < 4.78 is 11.5. The molecule has 2 aromatic carbocycles. The highest BCUT2D eigenvalue weighted by atomic mass is 16.5. The van der Waals surface area contributed by atoms with Crippen molar-refractivity contribution in [2.75, 3.05) is 13.1 Å². The Kier molecular flexibility index (Phi) is 10.3. The van der Waals surface area contributed by atoms with Crippen molar-refractivity contribution in [2.45, 2.75) is 51.7 Å². The normalized spacial score (nSPS) is 12.5. The standard InChI is InChI=1S/C24H32N2O4/c1-3-21(29-19-13-7-5-8-14-19)23(27)25-17-11-12-18-26-24(28)22(4-2)30-20-15-9-6-10-16-20/h5-10,13-16,21-22H,3-4,11-12,17-18H2,1-2H3,(H,25,27)(H,26,28). The van der Waals surface area contributed by atoms with Gasteiger partial charge in [-0.05, 0) is 49.9 Å². The van der Waals surface area contributed by atoms with Crippen molar-refractivity contribution in [2.24, 2.45) is 0 Å². The van der Waals surface area contributed by atoms with Crippen LogP contribution in [-0.4, -0.2) is 37.1 Å². The number of hydrogen-bond acceptors (Lipinski definition) is 4. The van der Waals surface area contributed by atoms with Crippen LogP contribution in [0, 0.1) is 0 Å². The maximum atomic E-state index is 12.3. The van der Waals surface area contributed by atoms with Crippen molar-refractivity contribution >= 4 is 11.8 Å². The van der Waals surface area contributed by atoms with Gasteiger partial charge in [0.15, 0.2) is 12.2 Å². The summed E-state index contributed by atoms with van der Waals surface area (Å²) in [7, 11) is 0. The van der Waals surface area contributed by atoms with E-state index in [2.05, 4.69) is 10.6 Å². The number of nitrogens with one attached hydrogen (secondary N) is 2. The predicted octanol–water partition coefficient (Wildman–Crippen LogP) is 3.71. The van der Waals surface area contributed by atoms with Crippen LogP contribution < -0.4 is 20.1 Å². The Labute approximate surface area is 179 Å². The topological polar surface area (TPSA) is 76.7 Å². The third-order valence-corrected chi connectivity index (χ3v) is 4.57. The fraction of sp³-hybridized carbons (Fsp3) is 0.417. The van der Waals surface area contributed by atoms with E-state index in [0.29, 0.717) is 37.4 Å². The van der Waals surface area contributed by atoms with E-state index in [-0.39, 0.29) is 11.8 Å². The van der Waals surface area contributed by atoms with Crippen LogP contribution in [0.15, 0.2) is 60.7 Å². The number of unbranched alkanes of at least 4 members (excludes halogenated alkanes) is 1. The third-order valence-electron chi connectivity index (χ3n) is 4.57. The lowest BCUT2D eigenvalue weighted by Crippen LogP contribution is -2.39. The van der Waals surface area contributed by atoms with Crippen LogP contribution in [0.3, 0.4) is 0 Å². The van der Waals surface area contributed by atoms with Crippen LogP contribution in [0.5, 0.6) is 11.5 Å². The number of hydrogen-bond donors (Lipinski definition) is 2. The average molecular weight is 413 g/mol. The SMILES string of the molecule is CCC(Oc1ccccc1)C(=O)NCCCCNC(=O)C(CC)Oc1ccccc1. The smallest absolute Gasteiger partial charge is 0.261 e. The Balaban J connectivity index is 1.62. The van der Waals surface area contributed by atoms with E-state index in [9.17, 15) is 9.59 Å². The average Bonchev–Trinajstić information content (AvgIpc) is 2.79. The Hall–Kier alpha value is -3.02. The number of carbonyl (C=O) groups is 2. The zero-order chi connectivity index (χ0) is 21.6. The molecule has 2 rings (SSSR count). The molecule has 162 valence electrons. The number of benzene rings is 2. The molecule has 2 unspecified atom stereocenters. The van der Waals surface area contributed by atoms with Gasteiger partial charge >= 0.3 is 0 Å². The van der Waals surface area contributed by atoms with E-state index in [0.717, 1.165) is 12.8 Å². The Bertz CT molecular complexity index is 687. The molecule has 30 heavy (non-hydrogen) atoms. The van der Waals surface area contributed by atoms with Crippen molar-refractivity contribution < 1.29 is 19.1 Å². The van der Waals surface area contributed by atoms with Crippen LogP contribution in [0.2, 0.25) is 0 Å². The van der Waals surface area contributed by atoms with Crippen molar-refractivity contribution in [3.05, 3.63) is 60.7 Å². The summed E-state index contributed by atoms with van der Waals surface area (Å²) >= 11 is 0. The Morgan fingerprint density at radius 1 is 0.700 bits per heavy atom. The van der Waals surface area contributed by atoms with E-state index >= 15 is 0 Å². The van der Waals surface area contributed by atoms with Gasteiger partial charge in [-0.15, -0.1) is 0 Å². The van der Waals surface area contributed by atoms with Gasteiger partial charge in [-0.3, -0.25) is 9.59 Å². The first-order valence-corrected chi connectivity index (χ1v) is 10.6. The summed E-state index contributed by atoms with van der Waals surface area (Å²) in [5.74, 6) is 1.14. The molecule has 0 fully saturated rings. The molecular weight excluding hydrogens is 380 g/mol. The molecule has 0 radical (unpaired) electrons. The highest BCUT2D eigenvalue weighted by molar-refractivity contribution is 5.81. The minimum atomic E-state index is -0.507. The molecule has 0 aliphatic rings. The molecule has 2 N–H and O–H groups in total. The summed E-state index contributed by atoms with van der Waals surface area (Å²) in [4.78, 5) is 24.6. The molecule has 6 nitrogen and oxygen atoms in total. The summed E-state index contributed by atoms with van der Waals surface area (Å²) in [6.45, 7) is 4.93. The lowest BCUT2D eigenvalue weighted by molar-refractivity contribution is -0.129. The van der Waals surface area contributed by atoms with Crippen LogP contribution in [0.25, 0.3) is 0 Å². The van der Waals surface area contributed by atoms with Gasteiger partial charge in [0, 0.05) is 13.1 Å². The second-order valence-corrected chi connectivity index (χ2v) is 6.94. The van der Waals surface area contributed by atoms with Gasteiger partial charge in [0.25, 0.3) is 11.8 Å². The van der Waals surface area contributed by atoms with E-state index in [1.54, 1.807) is 0 Å². The second-order valence-electron chi connectivity index (χ2n) is 6.94. The van der Waals surface area contributed by atoms with Crippen molar-refractivity contribution in [3.63, 3.8) is 0 Å². The molecule has 0 heterocycles. The predicted molar refractivity (Wildman–Crippen MR) is 118 cm³/mol. The molecule has 0 aromatic heterocycles. The number of amides is 2. The zero-order valence-corrected chi connectivity index (χ0v) is 17.8. The first-order chi connectivity index (χ1) is 14.6. The molecule has 0 saturated carbocycles. The zero-order valence-electron chi connectivity index (χ0n) is 17.8. The lowest BCUT2D eigenvalue weighted by atomic mass is 10.2. The van der Waals surface area contributed by atoms with Crippen LogP contribution >= 0.6 is 0 Å². The molecule has 0 spiro atoms. The van der Waals surface area contributed by atoms with Crippen LogP contribution in [0.1, 0.15) is 39.5 Å². The number of rotatable bonds is 13. The molecule has 2 atom stereocenters. The summed E-state index contributed by atoms with van der Waals surface area (Å²) in [5.41, 5.74) is 0. The Morgan fingerprint density at radius 2 is 1.07 bits per heavy atom. The van der Waals surface area contributed by atoms with E-state index in [1.165, 1.54) is 0 Å². The lowest BCUT2D eigenvalue weighted by Gasteiger charge is -2.18. The Morgan fingerprint density at radius 3 is 1.40 bits per heavy atom. The molecule has 2 amide bonds. The van der Waals surface area contributed by atoms with Crippen LogP contribution in [-0.2, 0) is 9.59 Å². The highest BCUT2D eigenvalue weighted by Gasteiger charge is 2.19. The summed E-state index contributed by atoms with van der Waals surface area (Å²) in [6, 6.07) is 18.7. The van der Waals surface area contributed by atoms with Gasteiger partial charge < -0.3 is 20.1 Å². The first-order valence-electron chi connectivity index (χ1n) is 10.6. The number of para-hydroxylation sites is 2. The van der Waals surface area contributed by atoms with Crippen molar-refractivity contribution in [1.82, 2.24) is 10.6 Å². The van der Waals surface area contributed by atoms with Crippen LogP contribution in [0.4, 0.5) is 0 Å². The van der Waals surface area contributed by atoms with Crippen molar-refractivity contribution in [1.29, 1.82) is 0 Å². The minimum absolute atomic E-state index is 0.118. The van der Waals surface area contributed by atoms with Crippen molar-refractivity contribution in [3.8, 4) is 11.5 Å². The maximum Gasteiger partial charge on any atom is 0.261 e. The number of ether oxygens (including phenoxy) is 2. The maximum absolute atomic E-state index is 12.3. The quantitative estimate of drug-likeness (QED) is 0.492. The fourth-order valence-corrected chi connectivity index (χ4v) is 2.87. The second kappa shape index (κ2) is 13.2. The molecule has 0 aliphatic heterocycles. The van der Waals surface area contributed by atoms with Gasteiger partial charge in [-0.25, -0.2) is 0 Å². The molecule has 0 aliphatic carbocycles. The first kappa shape index (κ1) is 23.3. The van der Waals surface area contributed by atoms with Gasteiger partial charge in [-0.1, -0.05) is 50.2 Å². The largest absolute Gasteiger partial charge is 0.481 e. The minimum Gasteiger partial charge on any atom is -0.481 e. The molecular formula is C24H32N2O4.